The summed E-state index contributed by atoms with van der Waals surface area (Å²) in [6, 6.07) is 17.5. The van der Waals surface area contributed by atoms with E-state index >= 15 is 0 Å². The van der Waals surface area contributed by atoms with E-state index in [2.05, 4.69) is 15.8 Å². The molecule has 0 bridgehead atoms. The van der Waals surface area contributed by atoms with Crippen LogP contribution in [-0.4, -0.2) is 23.7 Å². The second kappa shape index (κ2) is 10.3. The smallest absolute Gasteiger partial charge is 0.416 e. The molecule has 8 nitrogen and oxygen atoms in total. The van der Waals surface area contributed by atoms with E-state index in [9.17, 15) is 28.1 Å². The second-order valence-electron chi connectivity index (χ2n) is 6.60. The molecule has 0 saturated heterocycles. The normalized spacial score (nSPS) is 11.2. The highest BCUT2D eigenvalue weighted by atomic mass is 19.4. The molecule has 33 heavy (non-hydrogen) atoms. The molecule has 0 unspecified atom stereocenters. The van der Waals surface area contributed by atoms with Gasteiger partial charge < -0.3 is 10.1 Å². The van der Waals surface area contributed by atoms with E-state index in [4.69, 9.17) is 4.74 Å². The van der Waals surface area contributed by atoms with Crippen molar-refractivity contribution in [2.75, 3.05) is 17.3 Å². The number of carbonyl (C=O) groups is 1. The fraction of sp³-hybridized carbons (Fsp3) is 0.0909. The lowest BCUT2D eigenvalue weighted by Crippen LogP contribution is -2.20. The molecule has 3 aromatic carbocycles. The van der Waals surface area contributed by atoms with E-state index in [0.717, 1.165) is 6.07 Å². The molecule has 3 aromatic rings. The van der Waals surface area contributed by atoms with Gasteiger partial charge in [0.15, 0.2) is 6.61 Å². The van der Waals surface area contributed by atoms with Crippen molar-refractivity contribution in [1.29, 1.82) is 0 Å². The number of rotatable bonds is 8. The molecule has 0 fully saturated rings. The number of anilines is 2. The van der Waals surface area contributed by atoms with Crippen molar-refractivity contribution >= 4 is 29.2 Å². The molecule has 11 heteroatoms. The van der Waals surface area contributed by atoms with Gasteiger partial charge in [0.2, 0.25) is 0 Å². The maximum atomic E-state index is 12.8. The number of hydrogen-bond donors (Lipinski definition) is 2. The number of ether oxygens (including phenoxy) is 1. The molecule has 0 radical (unpaired) electrons. The van der Waals surface area contributed by atoms with Gasteiger partial charge in [-0.2, -0.15) is 18.3 Å². The van der Waals surface area contributed by atoms with Crippen LogP contribution in [0, 0.1) is 10.1 Å². The van der Waals surface area contributed by atoms with Gasteiger partial charge in [-0.1, -0.05) is 30.3 Å². The number of halogens is 3. The van der Waals surface area contributed by atoms with Crippen LogP contribution in [0.2, 0.25) is 0 Å². The average Bonchev–Trinajstić information content (AvgIpc) is 2.78. The zero-order valence-corrected chi connectivity index (χ0v) is 16.9. The van der Waals surface area contributed by atoms with Gasteiger partial charge in [-0.25, -0.2) is 0 Å². The molecule has 0 aliphatic carbocycles. The Morgan fingerprint density at radius 2 is 1.76 bits per heavy atom. The minimum atomic E-state index is -4.71. The topological polar surface area (TPSA) is 106 Å². The number of nitro groups is 1. The maximum Gasteiger partial charge on any atom is 0.416 e. The molecule has 170 valence electrons. The standard InChI is InChI=1S/C22H17F3N4O4/c23-22(24,25)16-10-11-18(19(12-16)29(31)32)28-26-13-15-6-4-5-9-20(15)33-14-21(30)27-17-7-2-1-3-8-17/h1-13,28H,14H2,(H,27,30)/b26-13-. The summed E-state index contributed by atoms with van der Waals surface area (Å²) in [5.74, 6) is -0.0698. The van der Waals surface area contributed by atoms with Crippen LogP contribution in [0.25, 0.3) is 0 Å². The first-order chi connectivity index (χ1) is 15.7. The zero-order chi connectivity index (χ0) is 23.8. The third-order valence-electron chi connectivity index (χ3n) is 4.25. The number of hydrogen-bond acceptors (Lipinski definition) is 6. The Kier molecular flexibility index (Phi) is 7.24. The summed E-state index contributed by atoms with van der Waals surface area (Å²) >= 11 is 0. The zero-order valence-electron chi connectivity index (χ0n) is 16.9. The van der Waals surface area contributed by atoms with Gasteiger partial charge in [0, 0.05) is 17.3 Å². The average molecular weight is 458 g/mol. The van der Waals surface area contributed by atoms with Crippen LogP contribution in [0.1, 0.15) is 11.1 Å². The lowest BCUT2D eigenvalue weighted by atomic mass is 10.1. The van der Waals surface area contributed by atoms with Crippen LogP contribution in [0.3, 0.4) is 0 Å². The summed E-state index contributed by atoms with van der Waals surface area (Å²) in [6.45, 7) is -0.280. The number of nitro benzene ring substituents is 1. The van der Waals surface area contributed by atoms with Crippen LogP contribution in [0.5, 0.6) is 5.75 Å². The third-order valence-corrected chi connectivity index (χ3v) is 4.25. The van der Waals surface area contributed by atoms with E-state index in [0.29, 0.717) is 29.1 Å². The van der Waals surface area contributed by atoms with Crippen molar-refractivity contribution in [2.45, 2.75) is 6.18 Å². The Morgan fingerprint density at radius 3 is 2.45 bits per heavy atom. The number of para-hydroxylation sites is 2. The Morgan fingerprint density at radius 1 is 1.06 bits per heavy atom. The highest BCUT2D eigenvalue weighted by Gasteiger charge is 2.33. The number of nitrogens with one attached hydrogen (secondary N) is 2. The number of amides is 1. The van der Waals surface area contributed by atoms with Crippen molar-refractivity contribution < 1.29 is 27.6 Å². The molecular weight excluding hydrogens is 441 g/mol. The van der Waals surface area contributed by atoms with E-state index < -0.39 is 22.4 Å². The number of hydrazone groups is 1. The lowest BCUT2D eigenvalue weighted by molar-refractivity contribution is -0.384. The predicted octanol–water partition coefficient (Wildman–Crippen LogP) is 5.08. The molecule has 2 N–H and O–H groups in total. The Balaban J connectivity index is 1.68. The fourth-order valence-electron chi connectivity index (χ4n) is 2.71. The van der Waals surface area contributed by atoms with Gasteiger partial charge in [-0.05, 0) is 36.4 Å². The van der Waals surface area contributed by atoms with E-state index in [1.54, 1.807) is 48.5 Å². The SMILES string of the molecule is O=C(COc1ccccc1/C=N\Nc1ccc(C(F)(F)F)cc1[N+](=O)[O-])Nc1ccccc1. The summed E-state index contributed by atoms with van der Waals surface area (Å²) in [4.78, 5) is 22.3. The first-order valence-electron chi connectivity index (χ1n) is 9.45. The molecule has 0 atom stereocenters. The molecule has 0 saturated carbocycles. The van der Waals surface area contributed by atoms with E-state index in [-0.39, 0.29) is 18.2 Å². The molecule has 1 amide bonds. The first-order valence-corrected chi connectivity index (χ1v) is 9.45. The quantitative estimate of drug-likeness (QED) is 0.278. The van der Waals surface area contributed by atoms with Crippen LogP contribution in [-0.2, 0) is 11.0 Å². The largest absolute Gasteiger partial charge is 0.483 e. The summed E-state index contributed by atoms with van der Waals surface area (Å²) in [7, 11) is 0. The minimum Gasteiger partial charge on any atom is -0.483 e. The summed E-state index contributed by atoms with van der Waals surface area (Å²) < 4.78 is 44.0. The van der Waals surface area contributed by atoms with Gasteiger partial charge >= 0.3 is 6.18 Å². The molecule has 0 aliphatic rings. The van der Waals surface area contributed by atoms with Crippen LogP contribution in [0.4, 0.5) is 30.2 Å². The molecule has 3 rings (SSSR count). The highest BCUT2D eigenvalue weighted by Crippen LogP contribution is 2.35. The predicted molar refractivity (Wildman–Crippen MR) is 116 cm³/mol. The molecule has 0 aliphatic heterocycles. The maximum absolute atomic E-state index is 12.8. The van der Waals surface area contributed by atoms with E-state index in [1.807, 2.05) is 6.07 Å². The van der Waals surface area contributed by atoms with Crippen molar-refractivity contribution in [2.24, 2.45) is 5.10 Å². The van der Waals surface area contributed by atoms with Gasteiger partial charge in [-0.3, -0.25) is 20.3 Å². The van der Waals surface area contributed by atoms with Gasteiger partial charge in [0.25, 0.3) is 11.6 Å². The third kappa shape index (κ3) is 6.53. The highest BCUT2D eigenvalue weighted by molar-refractivity contribution is 5.92. The van der Waals surface area contributed by atoms with Crippen molar-refractivity contribution in [3.8, 4) is 5.75 Å². The van der Waals surface area contributed by atoms with Crippen molar-refractivity contribution in [3.63, 3.8) is 0 Å². The molecule has 0 heterocycles. The van der Waals surface area contributed by atoms with Gasteiger partial charge in [-0.15, -0.1) is 0 Å². The monoisotopic (exact) mass is 458 g/mol. The van der Waals surface area contributed by atoms with Crippen LogP contribution < -0.4 is 15.5 Å². The number of alkyl halides is 3. The summed E-state index contributed by atoms with van der Waals surface area (Å²) in [5.41, 5.74) is 1.29. The summed E-state index contributed by atoms with van der Waals surface area (Å²) in [5, 5.41) is 17.7. The van der Waals surface area contributed by atoms with Crippen molar-refractivity contribution in [3.05, 3.63) is 94.0 Å². The first kappa shape index (κ1) is 23.3. The Labute approximate surface area is 185 Å². The number of benzene rings is 3. The second-order valence-corrected chi connectivity index (χ2v) is 6.60. The molecular formula is C22H17F3N4O4. The van der Waals surface area contributed by atoms with Gasteiger partial charge in [0.1, 0.15) is 11.4 Å². The Hall–Kier alpha value is -4.41. The molecule has 0 spiro atoms. The van der Waals surface area contributed by atoms with Crippen molar-refractivity contribution in [1.82, 2.24) is 0 Å². The van der Waals surface area contributed by atoms with E-state index in [1.165, 1.54) is 6.21 Å². The minimum absolute atomic E-state index is 0.218. The number of nitrogens with zero attached hydrogens (tertiary/aromatic N) is 2. The van der Waals surface area contributed by atoms with Crippen LogP contribution >= 0.6 is 0 Å². The lowest BCUT2D eigenvalue weighted by Gasteiger charge is -2.10. The van der Waals surface area contributed by atoms with Crippen LogP contribution in [0.15, 0.2) is 77.9 Å². The van der Waals surface area contributed by atoms with Gasteiger partial charge in [0.05, 0.1) is 16.7 Å². The number of carbonyl (C=O) groups excluding carboxylic acids is 1. The fourth-order valence-corrected chi connectivity index (χ4v) is 2.71. The Bertz CT molecular complexity index is 1170. The summed E-state index contributed by atoms with van der Waals surface area (Å²) in [6.07, 6.45) is -3.44. The molecule has 0 aromatic heterocycles.